The van der Waals surface area contributed by atoms with Crippen LogP contribution in [0.1, 0.15) is 73.1 Å². The molecule has 0 aliphatic carbocycles. The smallest absolute Gasteiger partial charge is 0.383 e. The predicted molar refractivity (Wildman–Crippen MR) is 149 cm³/mol. The molecule has 5 heteroatoms. The fourth-order valence-electron chi connectivity index (χ4n) is 3.53. The summed E-state index contributed by atoms with van der Waals surface area (Å²) in [6.45, 7) is 11.7. The van der Waals surface area contributed by atoms with E-state index in [-0.39, 0.29) is 5.75 Å². The van der Waals surface area contributed by atoms with Crippen LogP contribution in [0.2, 0.25) is 0 Å². The third-order valence-electron chi connectivity index (χ3n) is 5.44. The molecule has 2 aromatic rings. The van der Waals surface area contributed by atoms with E-state index in [1.54, 1.807) is 0 Å². The lowest BCUT2D eigenvalue weighted by Crippen LogP contribution is -2.12. The van der Waals surface area contributed by atoms with Gasteiger partial charge in [0.2, 0.25) is 5.75 Å². The van der Waals surface area contributed by atoms with Crippen molar-refractivity contribution in [2.24, 2.45) is 0 Å². The van der Waals surface area contributed by atoms with E-state index in [0.717, 1.165) is 32.1 Å². The Bertz CT molecular complexity index is 1110. The second-order valence-corrected chi connectivity index (χ2v) is 8.90. The Balaban J connectivity index is 2.31. The van der Waals surface area contributed by atoms with Crippen molar-refractivity contribution in [1.82, 2.24) is 0 Å². The molecule has 0 aliphatic heterocycles. The molecule has 1 heterocycles. The SMILES string of the molecule is CCC=CCCOc1c(OCC=C(C)CCC=C(C)C)c2cccc(OCCC=CCC)c2oc1=O. The van der Waals surface area contributed by atoms with Crippen molar-refractivity contribution in [3.05, 3.63) is 76.2 Å². The first kappa shape index (κ1) is 29.0. The van der Waals surface area contributed by atoms with Crippen LogP contribution in [0.15, 0.2) is 75.0 Å². The monoisotopic (exact) mass is 494 g/mol. The lowest BCUT2D eigenvalue weighted by atomic mass is 10.1. The van der Waals surface area contributed by atoms with Gasteiger partial charge in [-0.1, -0.05) is 61.4 Å². The third-order valence-corrected chi connectivity index (χ3v) is 5.44. The van der Waals surface area contributed by atoms with Gasteiger partial charge in [-0.25, -0.2) is 4.79 Å². The summed E-state index contributed by atoms with van der Waals surface area (Å²) in [5, 5.41) is 0.658. The second-order valence-electron chi connectivity index (χ2n) is 8.90. The Morgan fingerprint density at radius 2 is 1.53 bits per heavy atom. The van der Waals surface area contributed by atoms with Crippen molar-refractivity contribution >= 4 is 11.0 Å². The van der Waals surface area contributed by atoms with Gasteiger partial charge < -0.3 is 18.6 Å². The van der Waals surface area contributed by atoms with Crippen molar-refractivity contribution in [3.8, 4) is 17.2 Å². The molecule has 196 valence electrons. The van der Waals surface area contributed by atoms with Gasteiger partial charge in [-0.15, -0.1) is 0 Å². The number of rotatable bonds is 16. The van der Waals surface area contributed by atoms with Crippen LogP contribution >= 0.6 is 0 Å². The average Bonchev–Trinajstić information content (AvgIpc) is 2.85. The minimum absolute atomic E-state index is 0.103. The van der Waals surface area contributed by atoms with Crippen LogP contribution in [0, 0.1) is 0 Å². The summed E-state index contributed by atoms with van der Waals surface area (Å²) in [5.41, 5.74) is 2.36. The minimum Gasteiger partial charge on any atom is -0.489 e. The molecule has 1 aromatic heterocycles. The molecule has 0 fully saturated rings. The van der Waals surface area contributed by atoms with Gasteiger partial charge in [0.05, 0.1) is 18.6 Å². The highest BCUT2D eigenvalue weighted by molar-refractivity contribution is 5.89. The molecule has 0 N–H and O–H groups in total. The molecular weight excluding hydrogens is 452 g/mol. The van der Waals surface area contributed by atoms with Gasteiger partial charge in [-0.2, -0.15) is 0 Å². The Kier molecular flexibility index (Phi) is 13.3. The largest absolute Gasteiger partial charge is 0.489 e. The first-order valence-electron chi connectivity index (χ1n) is 13.0. The lowest BCUT2D eigenvalue weighted by molar-refractivity contribution is 0.274. The lowest BCUT2D eigenvalue weighted by Gasteiger charge is -2.14. The van der Waals surface area contributed by atoms with Crippen LogP contribution in [0.4, 0.5) is 0 Å². The topological polar surface area (TPSA) is 57.9 Å². The van der Waals surface area contributed by atoms with Crippen molar-refractivity contribution in [1.29, 1.82) is 0 Å². The molecule has 2 rings (SSSR count). The molecule has 0 radical (unpaired) electrons. The highest BCUT2D eigenvalue weighted by atomic mass is 16.5. The zero-order valence-corrected chi connectivity index (χ0v) is 22.6. The van der Waals surface area contributed by atoms with Gasteiger partial charge in [0.15, 0.2) is 17.1 Å². The van der Waals surface area contributed by atoms with Crippen LogP contribution in [-0.4, -0.2) is 19.8 Å². The van der Waals surface area contributed by atoms with E-state index >= 15 is 0 Å². The fraction of sp³-hybridized carbons (Fsp3) is 0.452. The van der Waals surface area contributed by atoms with Crippen LogP contribution in [0.25, 0.3) is 11.0 Å². The molecule has 5 nitrogen and oxygen atoms in total. The first-order valence-corrected chi connectivity index (χ1v) is 13.0. The highest BCUT2D eigenvalue weighted by Gasteiger charge is 2.20. The van der Waals surface area contributed by atoms with Crippen LogP contribution < -0.4 is 19.8 Å². The zero-order valence-electron chi connectivity index (χ0n) is 22.6. The van der Waals surface area contributed by atoms with Gasteiger partial charge in [-0.05, 0) is 77.5 Å². The summed E-state index contributed by atoms with van der Waals surface area (Å²) >= 11 is 0. The number of benzene rings is 1. The van der Waals surface area contributed by atoms with E-state index in [2.05, 4.69) is 58.9 Å². The Labute approximate surface area is 216 Å². The van der Waals surface area contributed by atoms with Crippen molar-refractivity contribution in [2.45, 2.75) is 73.1 Å². The molecule has 0 atom stereocenters. The van der Waals surface area contributed by atoms with E-state index < -0.39 is 5.63 Å². The maximum Gasteiger partial charge on any atom is 0.383 e. The number of hydrogen-bond donors (Lipinski definition) is 0. The number of para-hydroxylation sites is 1. The van der Waals surface area contributed by atoms with E-state index in [0.29, 0.717) is 48.7 Å². The molecule has 0 unspecified atom stereocenters. The van der Waals surface area contributed by atoms with E-state index in [1.165, 1.54) is 11.1 Å². The van der Waals surface area contributed by atoms with Gasteiger partial charge in [0, 0.05) is 0 Å². The Morgan fingerprint density at radius 3 is 2.19 bits per heavy atom. The molecule has 0 saturated heterocycles. The summed E-state index contributed by atoms with van der Waals surface area (Å²) in [6.07, 6.45) is 18.0. The standard InChI is InChI=1S/C31H42O5/c1-6-8-10-12-21-33-27-19-15-18-26-28(27)36-31(32)30(34-22-13-11-9-7-2)29(26)35-23-20-25(5)17-14-16-24(3)4/h8-11,15-16,18-20H,6-7,12-14,17,21-23H2,1-5H3. The summed E-state index contributed by atoms with van der Waals surface area (Å²) < 4.78 is 23.7. The van der Waals surface area contributed by atoms with E-state index in [9.17, 15) is 4.79 Å². The van der Waals surface area contributed by atoms with Crippen LogP contribution in [0.5, 0.6) is 17.2 Å². The number of fused-ring (bicyclic) bond motifs is 1. The maximum atomic E-state index is 13.0. The van der Waals surface area contributed by atoms with E-state index in [4.69, 9.17) is 18.6 Å². The van der Waals surface area contributed by atoms with Gasteiger partial charge in [-0.3, -0.25) is 0 Å². The number of hydrogen-bond acceptors (Lipinski definition) is 5. The minimum atomic E-state index is -0.567. The normalized spacial score (nSPS) is 12.0. The van der Waals surface area contributed by atoms with E-state index in [1.807, 2.05) is 30.4 Å². The van der Waals surface area contributed by atoms with Gasteiger partial charge in [0.25, 0.3) is 0 Å². The Hall–Kier alpha value is -3.21. The maximum absolute atomic E-state index is 13.0. The average molecular weight is 495 g/mol. The molecule has 1 aromatic carbocycles. The molecule has 0 amide bonds. The third kappa shape index (κ3) is 9.80. The quantitative estimate of drug-likeness (QED) is 0.133. The zero-order chi connectivity index (χ0) is 26.2. The molecule has 0 aliphatic rings. The molecule has 0 spiro atoms. The summed E-state index contributed by atoms with van der Waals surface area (Å²) in [4.78, 5) is 13.0. The fourth-order valence-corrected chi connectivity index (χ4v) is 3.53. The van der Waals surface area contributed by atoms with Crippen molar-refractivity contribution in [3.63, 3.8) is 0 Å². The van der Waals surface area contributed by atoms with Gasteiger partial charge in [0.1, 0.15) is 6.61 Å². The summed E-state index contributed by atoms with van der Waals surface area (Å²) in [7, 11) is 0. The van der Waals surface area contributed by atoms with Crippen LogP contribution in [-0.2, 0) is 0 Å². The number of allylic oxidation sites excluding steroid dienone is 5. The predicted octanol–water partition coefficient (Wildman–Crippen LogP) is 8.33. The molecule has 0 bridgehead atoms. The van der Waals surface area contributed by atoms with Crippen LogP contribution in [0.3, 0.4) is 0 Å². The van der Waals surface area contributed by atoms with Crippen molar-refractivity contribution < 1.29 is 18.6 Å². The first-order chi connectivity index (χ1) is 17.5. The summed E-state index contributed by atoms with van der Waals surface area (Å²) in [5.74, 6) is 1.02. The summed E-state index contributed by atoms with van der Waals surface area (Å²) in [6, 6.07) is 5.55. The second kappa shape index (κ2) is 16.5. The highest BCUT2D eigenvalue weighted by Crippen LogP contribution is 2.37. The number of ether oxygens (including phenoxy) is 3. The van der Waals surface area contributed by atoms with Gasteiger partial charge >= 0.3 is 5.63 Å². The Morgan fingerprint density at radius 1 is 0.833 bits per heavy atom. The van der Waals surface area contributed by atoms with Crippen molar-refractivity contribution in [2.75, 3.05) is 19.8 Å². The molecular formula is C31H42O5. The molecule has 36 heavy (non-hydrogen) atoms. The molecule has 0 saturated carbocycles.